The summed E-state index contributed by atoms with van der Waals surface area (Å²) in [5.74, 6) is 1.25. The summed E-state index contributed by atoms with van der Waals surface area (Å²) in [5, 5.41) is 0.109. The van der Waals surface area contributed by atoms with Crippen LogP contribution in [0.3, 0.4) is 0 Å². The molecule has 1 heterocycles. The van der Waals surface area contributed by atoms with Gasteiger partial charge in [-0.2, -0.15) is 0 Å². The lowest BCUT2D eigenvalue weighted by molar-refractivity contribution is -0.107. The van der Waals surface area contributed by atoms with Gasteiger partial charge >= 0.3 is 0 Å². The number of carbonyl (C=O) groups excluding carboxylic acids is 1. The van der Waals surface area contributed by atoms with Gasteiger partial charge < -0.3 is 4.42 Å². The van der Waals surface area contributed by atoms with Gasteiger partial charge in [0.15, 0.2) is 0 Å². The van der Waals surface area contributed by atoms with Crippen LogP contribution in [0.1, 0.15) is 5.76 Å². The molecule has 0 saturated heterocycles. The molecule has 86 valence electrons. The minimum absolute atomic E-state index is 0.536. The highest BCUT2D eigenvalue weighted by Crippen LogP contribution is 2.25. The fourth-order valence-corrected chi connectivity index (χ4v) is 1.64. The van der Waals surface area contributed by atoms with Crippen LogP contribution in [-0.2, 0) is 4.79 Å². The number of carbonyl (C=O) groups is 1. The molecule has 0 radical (unpaired) electrons. The Hall–Kier alpha value is -1.51. The lowest BCUT2D eigenvalue weighted by atomic mass is 10.2. The highest BCUT2D eigenvalue weighted by atomic mass is 35.5. The highest BCUT2D eigenvalue weighted by molar-refractivity contribution is 6.66. The Kier molecular flexibility index (Phi) is 3.67. The molecule has 0 N–H and O–H groups in total. The molecule has 0 spiro atoms. The summed E-state index contributed by atoms with van der Waals surface area (Å²) in [6.45, 7) is 0. The fraction of sp³-hybridized carbons (Fsp3) is 0. The molecule has 0 amide bonds. The Bertz CT molecular complexity index is 570. The number of benzene rings is 1. The van der Waals surface area contributed by atoms with Gasteiger partial charge in [0, 0.05) is 16.7 Å². The van der Waals surface area contributed by atoms with Crippen LogP contribution in [0.5, 0.6) is 0 Å². The molecule has 0 atom stereocenters. The van der Waals surface area contributed by atoms with E-state index in [9.17, 15) is 4.79 Å². The molecule has 1 aromatic carbocycles. The lowest BCUT2D eigenvalue weighted by Crippen LogP contribution is -1.74. The van der Waals surface area contributed by atoms with E-state index in [-0.39, 0.29) is 0 Å². The summed E-state index contributed by atoms with van der Waals surface area (Å²) in [5.41, 5.74) is 0.884. The summed E-state index contributed by atoms with van der Waals surface area (Å²) in [4.78, 5) is 10.6. The number of hydrogen-bond acceptors (Lipinski definition) is 2. The van der Waals surface area contributed by atoms with Crippen LogP contribution in [0.25, 0.3) is 17.4 Å². The second kappa shape index (κ2) is 5.21. The van der Waals surface area contributed by atoms with Gasteiger partial charge in [0.25, 0.3) is 0 Å². The third-order valence-corrected chi connectivity index (χ3v) is 2.48. The van der Waals surface area contributed by atoms with Crippen molar-refractivity contribution in [2.75, 3.05) is 0 Å². The molecule has 0 aliphatic rings. The summed E-state index contributed by atoms with van der Waals surface area (Å²) in [7, 11) is 0. The van der Waals surface area contributed by atoms with Crippen molar-refractivity contribution in [1.82, 2.24) is 0 Å². The zero-order valence-corrected chi connectivity index (χ0v) is 10.2. The SMILES string of the molecule is O=C(Cl)/C=C/c1ccc(-c2cccc(Cl)c2)o1. The van der Waals surface area contributed by atoms with Crippen molar-refractivity contribution >= 4 is 34.5 Å². The van der Waals surface area contributed by atoms with Gasteiger partial charge in [-0.05, 0) is 41.9 Å². The molecule has 0 aliphatic heterocycles. The first kappa shape index (κ1) is 12.0. The smallest absolute Gasteiger partial charge is 0.245 e. The molecule has 0 fully saturated rings. The van der Waals surface area contributed by atoms with Gasteiger partial charge in [0.1, 0.15) is 11.5 Å². The van der Waals surface area contributed by atoms with E-state index in [4.69, 9.17) is 27.6 Å². The summed E-state index contributed by atoms with van der Waals surface area (Å²) in [6.07, 6.45) is 2.76. The highest BCUT2D eigenvalue weighted by Gasteiger charge is 2.03. The molecule has 17 heavy (non-hydrogen) atoms. The van der Waals surface area contributed by atoms with Crippen molar-refractivity contribution in [2.24, 2.45) is 0 Å². The molecule has 0 unspecified atom stereocenters. The van der Waals surface area contributed by atoms with Crippen LogP contribution >= 0.6 is 23.2 Å². The normalized spacial score (nSPS) is 10.9. The van der Waals surface area contributed by atoms with Gasteiger partial charge in [0.2, 0.25) is 5.24 Å². The molecule has 0 bridgehead atoms. The predicted molar refractivity (Wildman–Crippen MR) is 69.0 cm³/mol. The first-order valence-electron chi connectivity index (χ1n) is 4.88. The van der Waals surface area contributed by atoms with Gasteiger partial charge in [-0.25, -0.2) is 0 Å². The van der Waals surface area contributed by atoms with Crippen LogP contribution in [0.2, 0.25) is 5.02 Å². The van der Waals surface area contributed by atoms with Crippen LogP contribution in [-0.4, -0.2) is 5.24 Å². The number of halogens is 2. The molecule has 2 aromatic rings. The van der Waals surface area contributed by atoms with E-state index in [1.165, 1.54) is 12.2 Å². The van der Waals surface area contributed by atoms with Gasteiger partial charge in [0.05, 0.1) is 0 Å². The van der Waals surface area contributed by atoms with Crippen molar-refractivity contribution in [3.05, 3.63) is 53.3 Å². The Labute approximate surface area is 108 Å². The number of rotatable bonds is 3. The second-order valence-corrected chi connectivity index (χ2v) is 4.16. The van der Waals surface area contributed by atoms with E-state index in [1.54, 1.807) is 18.2 Å². The second-order valence-electron chi connectivity index (χ2n) is 3.35. The van der Waals surface area contributed by atoms with Crippen LogP contribution < -0.4 is 0 Å². The van der Waals surface area contributed by atoms with E-state index in [0.29, 0.717) is 16.5 Å². The van der Waals surface area contributed by atoms with E-state index in [2.05, 4.69) is 0 Å². The maximum absolute atomic E-state index is 10.6. The molecule has 1 aromatic heterocycles. The molecule has 2 rings (SSSR count). The Morgan fingerprint density at radius 2 is 2.06 bits per heavy atom. The van der Waals surface area contributed by atoms with Crippen molar-refractivity contribution in [3.63, 3.8) is 0 Å². The average Bonchev–Trinajstić information content (AvgIpc) is 2.75. The number of hydrogen-bond donors (Lipinski definition) is 0. The van der Waals surface area contributed by atoms with Crippen LogP contribution in [0, 0.1) is 0 Å². The van der Waals surface area contributed by atoms with Crippen LogP contribution in [0.15, 0.2) is 46.9 Å². The third-order valence-electron chi connectivity index (χ3n) is 2.11. The first-order valence-corrected chi connectivity index (χ1v) is 5.64. The Balaban J connectivity index is 2.27. The van der Waals surface area contributed by atoms with Crippen molar-refractivity contribution < 1.29 is 9.21 Å². The summed E-state index contributed by atoms with van der Waals surface area (Å²) >= 11 is 11.1. The minimum Gasteiger partial charge on any atom is -0.457 e. The summed E-state index contributed by atoms with van der Waals surface area (Å²) in [6, 6.07) is 10.9. The van der Waals surface area contributed by atoms with Gasteiger partial charge in [-0.3, -0.25) is 4.79 Å². The largest absolute Gasteiger partial charge is 0.457 e. The van der Waals surface area contributed by atoms with Crippen LogP contribution in [0.4, 0.5) is 0 Å². The number of furan rings is 1. The quantitative estimate of drug-likeness (QED) is 0.610. The zero-order valence-electron chi connectivity index (χ0n) is 8.69. The van der Waals surface area contributed by atoms with Crippen molar-refractivity contribution in [2.45, 2.75) is 0 Å². The standard InChI is InChI=1S/C13H8Cl2O2/c14-10-3-1-2-9(8-10)12-6-4-11(17-12)5-7-13(15)16/h1-8H/b7-5+. The molecule has 0 aliphatic carbocycles. The molecular formula is C13H8Cl2O2. The lowest BCUT2D eigenvalue weighted by Gasteiger charge is -1.96. The molecule has 4 heteroatoms. The van der Waals surface area contributed by atoms with Gasteiger partial charge in [-0.1, -0.05) is 23.7 Å². The third kappa shape index (κ3) is 3.22. The van der Waals surface area contributed by atoms with E-state index < -0.39 is 5.24 Å². The van der Waals surface area contributed by atoms with Gasteiger partial charge in [-0.15, -0.1) is 0 Å². The topological polar surface area (TPSA) is 30.2 Å². The van der Waals surface area contributed by atoms with E-state index in [1.807, 2.05) is 18.2 Å². The van der Waals surface area contributed by atoms with Crippen molar-refractivity contribution in [1.29, 1.82) is 0 Å². The minimum atomic E-state index is -0.536. The predicted octanol–water partition coefficient (Wildman–Crippen LogP) is 4.38. The molecule has 2 nitrogen and oxygen atoms in total. The Morgan fingerprint density at radius 3 is 2.76 bits per heavy atom. The summed E-state index contributed by atoms with van der Waals surface area (Å²) < 4.78 is 5.52. The monoisotopic (exact) mass is 266 g/mol. The van der Waals surface area contributed by atoms with E-state index >= 15 is 0 Å². The first-order chi connectivity index (χ1) is 8.15. The fourth-order valence-electron chi connectivity index (χ4n) is 1.39. The Morgan fingerprint density at radius 1 is 1.24 bits per heavy atom. The van der Waals surface area contributed by atoms with E-state index in [0.717, 1.165) is 5.56 Å². The maximum atomic E-state index is 10.6. The average molecular weight is 267 g/mol. The number of allylic oxidation sites excluding steroid dienone is 1. The molecule has 0 saturated carbocycles. The zero-order chi connectivity index (χ0) is 12.3. The maximum Gasteiger partial charge on any atom is 0.245 e. The van der Waals surface area contributed by atoms with Crippen molar-refractivity contribution in [3.8, 4) is 11.3 Å². The molecular weight excluding hydrogens is 259 g/mol.